The van der Waals surface area contributed by atoms with Crippen LogP contribution in [0.25, 0.3) is 11.0 Å². The Morgan fingerprint density at radius 3 is 2.66 bits per heavy atom. The number of nitrogens with one attached hydrogen (secondary N) is 2. The lowest BCUT2D eigenvalue weighted by Crippen LogP contribution is -2.44. The summed E-state index contributed by atoms with van der Waals surface area (Å²) in [6, 6.07) is 4.92. The van der Waals surface area contributed by atoms with Gasteiger partial charge in [0, 0.05) is 26.4 Å². The van der Waals surface area contributed by atoms with E-state index in [1.807, 2.05) is 25.2 Å². The predicted molar refractivity (Wildman–Crippen MR) is 123 cm³/mol. The molecule has 2 aliphatic heterocycles. The molecule has 2 aromatic rings. The number of aryl methyl sites for hydroxylation is 1. The Morgan fingerprint density at radius 2 is 1.94 bits per heavy atom. The second-order valence-electron chi connectivity index (χ2n) is 8.75. The molecular formula is C24H31N5O3. The van der Waals surface area contributed by atoms with Gasteiger partial charge >= 0.3 is 5.69 Å². The fraction of sp³-hybridized carbons (Fsp3) is 0.542. The Morgan fingerprint density at radius 1 is 1.16 bits per heavy atom. The van der Waals surface area contributed by atoms with Crippen LogP contribution in [0.2, 0.25) is 0 Å². The summed E-state index contributed by atoms with van der Waals surface area (Å²) < 4.78 is 3.05. The maximum Gasteiger partial charge on any atom is 0.329 e. The van der Waals surface area contributed by atoms with Gasteiger partial charge in [0.15, 0.2) is 0 Å². The molecule has 0 radical (unpaired) electrons. The minimum Gasteiger partial charge on any atom is -0.319 e. The van der Waals surface area contributed by atoms with Crippen LogP contribution in [-0.2, 0) is 16.6 Å². The zero-order valence-electron chi connectivity index (χ0n) is 18.8. The van der Waals surface area contributed by atoms with Gasteiger partial charge < -0.3 is 10.2 Å². The lowest BCUT2D eigenvalue weighted by molar-refractivity contribution is -0.135. The zero-order valence-corrected chi connectivity index (χ0v) is 18.8. The van der Waals surface area contributed by atoms with Crippen molar-refractivity contribution in [1.29, 1.82) is 0 Å². The molecule has 0 bridgehead atoms. The molecule has 1 atom stereocenters. The molecule has 8 nitrogen and oxygen atoms in total. The smallest absolute Gasteiger partial charge is 0.319 e. The summed E-state index contributed by atoms with van der Waals surface area (Å²) in [7, 11) is 3.71. The highest BCUT2D eigenvalue weighted by atomic mass is 16.2. The Balaban J connectivity index is 1.50. The number of hydrogen-bond donors (Lipinski definition) is 2. The fourth-order valence-electron chi connectivity index (χ4n) is 4.84. The van der Waals surface area contributed by atoms with Gasteiger partial charge in [-0.15, -0.1) is 0 Å². The Bertz CT molecular complexity index is 1130. The number of amides is 2. The number of piperidine rings is 2. The van der Waals surface area contributed by atoms with E-state index in [9.17, 15) is 14.4 Å². The van der Waals surface area contributed by atoms with E-state index in [-0.39, 0.29) is 18.0 Å². The van der Waals surface area contributed by atoms with E-state index in [0.29, 0.717) is 11.9 Å². The molecule has 0 spiro atoms. The molecule has 32 heavy (non-hydrogen) atoms. The van der Waals surface area contributed by atoms with Gasteiger partial charge in [0.1, 0.15) is 6.04 Å². The van der Waals surface area contributed by atoms with Crippen molar-refractivity contribution in [1.82, 2.24) is 24.7 Å². The molecule has 2 amide bonds. The SMILES string of the molecule is CNCC1CCN(CCC#Cc2cccc3c2n(C)c(=O)n3C2CCC(=O)NC2=O)CC1. The summed E-state index contributed by atoms with van der Waals surface area (Å²) in [6.45, 7) is 4.28. The highest BCUT2D eigenvalue weighted by Crippen LogP contribution is 2.24. The summed E-state index contributed by atoms with van der Waals surface area (Å²) >= 11 is 0. The average Bonchev–Trinajstić information content (AvgIpc) is 3.04. The Hall–Kier alpha value is -2.89. The molecule has 3 heterocycles. The van der Waals surface area contributed by atoms with Gasteiger partial charge in [-0.3, -0.25) is 24.0 Å². The topological polar surface area (TPSA) is 88.4 Å². The standard InChI is InChI=1S/C24H31N5O3/c1-25-16-17-11-14-28(15-12-17)13-4-3-6-18-7-5-8-19-22(18)27(2)24(32)29(19)20-9-10-21(30)26-23(20)31/h5,7-8,17,20,25H,4,9-16H2,1-2H3,(H,26,30,31). The van der Waals surface area contributed by atoms with Crippen molar-refractivity contribution in [2.24, 2.45) is 13.0 Å². The van der Waals surface area contributed by atoms with E-state index in [1.54, 1.807) is 11.6 Å². The number of rotatable bonds is 5. The Labute approximate surface area is 187 Å². The van der Waals surface area contributed by atoms with Crippen LogP contribution in [0.5, 0.6) is 0 Å². The molecule has 0 aliphatic carbocycles. The number of carbonyl (C=O) groups excluding carboxylic acids is 2. The number of imide groups is 1. The molecule has 2 aliphatic rings. The third-order valence-electron chi connectivity index (χ3n) is 6.60. The van der Waals surface area contributed by atoms with Crippen LogP contribution in [0, 0.1) is 17.8 Å². The molecular weight excluding hydrogens is 406 g/mol. The Kier molecular flexibility index (Phi) is 6.77. The van der Waals surface area contributed by atoms with Crippen molar-refractivity contribution in [2.75, 3.05) is 33.2 Å². The molecule has 8 heteroatoms. The van der Waals surface area contributed by atoms with Crippen LogP contribution in [0.15, 0.2) is 23.0 Å². The first-order valence-electron chi connectivity index (χ1n) is 11.4. The van der Waals surface area contributed by atoms with Crippen LogP contribution in [0.4, 0.5) is 0 Å². The normalized spacial score (nSPS) is 20.2. The molecule has 170 valence electrons. The molecule has 0 saturated carbocycles. The molecule has 1 unspecified atom stereocenters. The van der Waals surface area contributed by atoms with E-state index < -0.39 is 11.9 Å². The minimum atomic E-state index is -0.682. The summed E-state index contributed by atoms with van der Waals surface area (Å²) in [6.07, 6.45) is 3.78. The van der Waals surface area contributed by atoms with Crippen molar-refractivity contribution < 1.29 is 9.59 Å². The van der Waals surface area contributed by atoms with Crippen LogP contribution in [0.3, 0.4) is 0 Å². The molecule has 2 N–H and O–H groups in total. The average molecular weight is 438 g/mol. The first-order chi connectivity index (χ1) is 15.5. The lowest BCUT2D eigenvalue weighted by atomic mass is 9.97. The fourth-order valence-corrected chi connectivity index (χ4v) is 4.84. The number of aromatic nitrogens is 2. The van der Waals surface area contributed by atoms with Crippen molar-refractivity contribution in [2.45, 2.75) is 38.1 Å². The summed E-state index contributed by atoms with van der Waals surface area (Å²) in [5, 5.41) is 5.61. The van der Waals surface area contributed by atoms with Gasteiger partial charge in [0.25, 0.3) is 0 Å². The van der Waals surface area contributed by atoms with Crippen LogP contribution >= 0.6 is 0 Å². The van der Waals surface area contributed by atoms with E-state index in [1.165, 1.54) is 17.4 Å². The molecule has 1 aromatic heterocycles. The monoisotopic (exact) mass is 437 g/mol. The summed E-state index contributed by atoms with van der Waals surface area (Å²) in [5.41, 5.74) is 1.90. The molecule has 2 fully saturated rings. The first kappa shape index (κ1) is 22.3. The number of carbonyl (C=O) groups is 2. The largest absolute Gasteiger partial charge is 0.329 e. The van der Waals surface area contributed by atoms with Crippen molar-refractivity contribution >= 4 is 22.8 Å². The van der Waals surface area contributed by atoms with Crippen LogP contribution in [-0.4, -0.2) is 59.1 Å². The number of hydrogen-bond acceptors (Lipinski definition) is 5. The number of imidazole rings is 1. The van der Waals surface area contributed by atoms with E-state index in [2.05, 4.69) is 27.4 Å². The number of nitrogens with zero attached hydrogens (tertiary/aromatic N) is 3. The van der Waals surface area contributed by atoms with Gasteiger partial charge in [-0.1, -0.05) is 17.9 Å². The van der Waals surface area contributed by atoms with Gasteiger partial charge in [0.2, 0.25) is 11.8 Å². The molecule has 4 rings (SSSR count). The third kappa shape index (κ3) is 4.50. The minimum absolute atomic E-state index is 0.227. The van der Waals surface area contributed by atoms with Crippen molar-refractivity contribution in [3.63, 3.8) is 0 Å². The maximum atomic E-state index is 13.0. The predicted octanol–water partition coefficient (Wildman–Crippen LogP) is 0.991. The molecule has 2 saturated heterocycles. The maximum absolute atomic E-state index is 13.0. The second-order valence-corrected chi connectivity index (χ2v) is 8.75. The number of fused-ring (bicyclic) bond motifs is 1. The van der Waals surface area contributed by atoms with Crippen LogP contribution in [0.1, 0.15) is 43.7 Å². The van der Waals surface area contributed by atoms with E-state index in [4.69, 9.17) is 0 Å². The van der Waals surface area contributed by atoms with Crippen molar-refractivity contribution in [3.8, 4) is 11.8 Å². The van der Waals surface area contributed by atoms with E-state index in [0.717, 1.165) is 49.6 Å². The summed E-state index contributed by atoms with van der Waals surface area (Å²) in [4.78, 5) is 39.3. The number of benzene rings is 1. The van der Waals surface area contributed by atoms with Gasteiger partial charge in [0.05, 0.1) is 16.6 Å². The number of para-hydroxylation sites is 1. The quantitative estimate of drug-likeness (QED) is 0.538. The highest BCUT2D eigenvalue weighted by molar-refractivity contribution is 6.00. The number of likely N-dealkylation sites (tertiary alicyclic amines) is 1. The molecule has 1 aromatic carbocycles. The van der Waals surface area contributed by atoms with Gasteiger partial charge in [-0.2, -0.15) is 0 Å². The summed E-state index contributed by atoms with van der Waals surface area (Å²) in [5.74, 6) is 6.57. The highest BCUT2D eigenvalue weighted by Gasteiger charge is 2.31. The van der Waals surface area contributed by atoms with Crippen molar-refractivity contribution in [3.05, 3.63) is 34.2 Å². The third-order valence-corrected chi connectivity index (χ3v) is 6.60. The van der Waals surface area contributed by atoms with Crippen LogP contribution < -0.4 is 16.3 Å². The first-order valence-corrected chi connectivity index (χ1v) is 11.4. The lowest BCUT2D eigenvalue weighted by Gasteiger charge is -2.31. The van der Waals surface area contributed by atoms with Gasteiger partial charge in [-0.05, 0) is 64.0 Å². The van der Waals surface area contributed by atoms with Gasteiger partial charge in [-0.25, -0.2) is 4.79 Å². The van der Waals surface area contributed by atoms with E-state index >= 15 is 0 Å². The second kappa shape index (κ2) is 9.72. The zero-order chi connectivity index (χ0) is 22.7.